The number of hydrogen-bond donors (Lipinski definition) is 1. The molecule has 6 heteroatoms. The third kappa shape index (κ3) is 2.31. The van der Waals surface area contributed by atoms with Gasteiger partial charge < -0.3 is 5.11 Å². The number of aliphatic carboxylic acids is 1. The maximum atomic E-state index is 11.5. The van der Waals surface area contributed by atoms with Gasteiger partial charge in [-0.1, -0.05) is 32.1 Å². The summed E-state index contributed by atoms with van der Waals surface area (Å²) >= 11 is 0. The predicted molar refractivity (Wildman–Crippen MR) is 72.2 cm³/mol. The monoisotopic (exact) mass is 278 g/mol. The molecule has 2 saturated carbocycles. The van der Waals surface area contributed by atoms with Gasteiger partial charge in [-0.2, -0.15) is 0 Å². The molecular formula is C14H22N4O2. The molecule has 0 amide bonds. The zero-order valence-electron chi connectivity index (χ0n) is 11.8. The van der Waals surface area contributed by atoms with Gasteiger partial charge in [-0.3, -0.25) is 0 Å². The summed E-state index contributed by atoms with van der Waals surface area (Å²) in [6.45, 7) is 0. The van der Waals surface area contributed by atoms with Crippen LogP contribution >= 0.6 is 0 Å². The Morgan fingerprint density at radius 3 is 2.60 bits per heavy atom. The summed E-state index contributed by atoms with van der Waals surface area (Å²) in [6, 6.07) is 0. The fourth-order valence-electron chi connectivity index (χ4n) is 3.53. The number of aromatic nitrogens is 4. The summed E-state index contributed by atoms with van der Waals surface area (Å²) in [5, 5.41) is 21.2. The Kier molecular flexibility index (Phi) is 3.72. The average Bonchev–Trinajstić information content (AvgIpc) is 2.85. The van der Waals surface area contributed by atoms with Gasteiger partial charge in [-0.25, -0.2) is 9.48 Å². The quantitative estimate of drug-likeness (QED) is 0.892. The van der Waals surface area contributed by atoms with Gasteiger partial charge in [0.2, 0.25) is 0 Å². The summed E-state index contributed by atoms with van der Waals surface area (Å²) in [6.07, 6.45) is 10.7. The Balaban J connectivity index is 1.68. The Bertz CT molecular complexity index is 475. The first-order valence-corrected chi connectivity index (χ1v) is 7.73. The van der Waals surface area contributed by atoms with Crippen LogP contribution in [0.5, 0.6) is 0 Å². The van der Waals surface area contributed by atoms with Crippen molar-refractivity contribution in [3.63, 3.8) is 0 Å². The van der Waals surface area contributed by atoms with Crippen LogP contribution < -0.4 is 0 Å². The highest BCUT2D eigenvalue weighted by atomic mass is 16.4. The molecule has 3 rings (SSSR count). The van der Waals surface area contributed by atoms with Crippen molar-refractivity contribution in [1.82, 2.24) is 20.2 Å². The Morgan fingerprint density at radius 1 is 1.25 bits per heavy atom. The van der Waals surface area contributed by atoms with E-state index in [-0.39, 0.29) is 0 Å². The molecule has 0 aliphatic heterocycles. The molecule has 0 bridgehead atoms. The lowest BCUT2D eigenvalue weighted by Gasteiger charge is -2.37. The zero-order chi connectivity index (χ0) is 14.0. The SMILES string of the molecule is O=C(O)C1(n2nnnc2CCC2CCCCC2)CCC1. The van der Waals surface area contributed by atoms with E-state index in [9.17, 15) is 9.90 Å². The second kappa shape index (κ2) is 5.50. The molecule has 0 spiro atoms. The minimum atomic E-state index is -0.870. The van der Waals surface area contributed by atoms with Crippen LogP contribution in [0.15, 0.2) is 0 Å². The maximum Gasteiger partial charge on any atom is 0.331 e. The van der Waals surface area contributed by atoms with E-state index in [1.807, 2.05) is 0 Å². The molecule has 0 atom stereocenters. The maximum absolute atomic E-state index is 11.5. The minimum Gasteiger partial charge on any atom is -0.479 e. The summed E-state index contributed by atoms with van der Waals surface area (Å²) < 4.78 is 1.58. The number of aryl methyl sites for hydroxylation is 1. The molecule has 2 fully saturated rings. The first-order chi connectivity index (χ1) is 9.72. The van der Waals surface area contributed by atoms with Gasteiger partial charge in [0.05, 0.1) is 0 Å². The Labute approximate surface area is 118 Å². The van der Waals surface area contributed by atoms with Crippen LogP contribution in [0.3, 0.4) is 0 Å². The van der Waals surface area contributed by atoms with Crippen molar-refractivity contribution in [2.24, 2.45) is 5.92 Å². The summed E-state index contributed by atoms with van der Waals surface area (Å²) in [7, 11) is 0. The van der Waals surface area contributed by atoms with E-state index in [0.717, 1.165) is 31.0 Å². The molecule has 2 aliphatic carbocycles. The molecule has 0 radical (unpaired) electrons. The van der Waals surface area contributed by atoms with Gasteiger partial charge in [0, 0.05) is 6.42 Å². The van der Waals surface area contributed by atoms with Crippen LogP contribution in [-0.4, -0.2) is 31.3 Å². The molecule has 0 saturated heterocycles. The van der Waals surface area contributed by atoms with Crippen LogP contribution in [0.1, 0.15) is 63.6 Å². The fraction of sp³-hybridized carbons (Fsp3) is 0.857. The van der Waals surface area contributed by atoms with Gasteiger partial charge in [-0.05, 0) is 42.0 Å². The largest absolute Gasteiger partial charge is 0.479 e. The second-order valence-electron chi connectivity index (χ2n) is 6.24. The van der Waals surface area contributed by atoms with Crippen molar-refractivity contribution in [1.29, 1.82) is 0 Å². The minimum absolute atomic E-state index is 0.643. The lowest BCUT2D eigenvalue weighted by Crippen LogP contribution is -2.49. The first-order valence-electron chi connectivity index (χ1n) is 7.73. The van der Waals surface area contributed by atoms with Gasteiger partial charge >= 0.3 is 5.97 Å². The summed E-state index contributed by atoms with van der Waals surface area (Å²) in [4.78, 5) is 11.5. The topological polar surface area (TPSA) is 80.9 Å². The highest BCUT2D eigenvalue weighted by Crippen LogP contribution is 2.39. The van der Waals surface area contributed by atoms with Crippen LogP contribution in [0.25, 0.3) is 0 Å². The number of tetrazole rings is 1. The van der Waals surface area contributed by atoms with E-state index >= 15 is 0 Å². The first kappa shape index (κ1) is 13.5. The number of rotatable bonds is 5. The molecule has 1 N–H and O–H groups in total. The van der Waals surface area contributed by atoms with Crippen LogP contribution in [-0.2, 0) is 16.8 Å². The third-order valence-corrected chi connectivity index (χ3v) is 5.02. The smallest absolute Gasteiger partial charge is 0.331 e. The van der Waals surface area contributed by atoms with Crippen molar-refractivity contribution in [2.45, 2.75) is 69.7 Å². The van der Waals surface area contributed by atoms with Gasteiger partial charge in [0.15, 0.2) is 11.4 Å². The average molecular weight is 278 g/mol. The van der Waals surface area contributed by atoms with Crippen LogP contribution in [0.2, 0.25) is 0 Å². The van der Waals surface area contributed by atoms with E-state index in [4.69, 9.17) is 0 Å². The van der Waals surface area contributed by atoms with Crippen LogP contribution in [0.4, 0.5) is 0 Å². The predicted octanol–water partition coefficient (Wildman–Crippen LogP) is 2.15. The van der Waals surface area contributed by atoms with Crippen molar-refractivity contribution >= 4 is 5.97 Å². The second-order valence-corrected chi connectivity index (χ2v) is 6.24. The highest BCUT2D eigenvalue weighted by Gasteiger charge is 2.48. The molecule has 1 aromatic rings. The van der Waals surface area contributed by atoms with E-state index in [2.05, 4.69) is 15.5 Å². The standard InChI is InChI=1S/C14H22N4O2/c19-13(20)14(9-4-10-14)18-12(15-16-17-18)8-7-11-5-2-1-3-6-11/h11H,1-10H2,(H,19,20). The number of hydrogen-bond acceptors (Lipinski definition) is 4. The van der Waals surface area contributed by atoms with Gasteiger partial charge in [0.1, 0.15) is 0 Å². The molecule has 20 heavy (non-hydrogen) atoms. The fourth-order valence-corrected chi connectivity index (χ4v) is 3.53. The normalized spacial score (nSPS) is 22.4. The molecule has 0 unspecified atom stereocenters. The van der Waals surface area contributed by atoms with Crippen LogP contribution in [0, 0.1) is 5.92 Å². The lowest BCUT2D eigenvalue weighted by molar-refractivity contribution is -0.153. The number of carboxylic acids is 1. The summed E-state index contributed by atoms with van der Waals surface area (Å²) in [5.74, 6) is 0.712. The molecule has 110 valence electrons. The number of nitrogens with zero attached hydrogens (tertiary/aromatic N) is 4. The third-order valence-electron chi connectivity index (χ3n) is 5.02. The Morgan fingerprint density at radius 2 is 2.00 bits per heavy atom. The Hall–Kier alpha value is -1.46. The van der Waals surface area contributed by atoms with Crippen molar-refractivity contribution in [3.8, 4) is 0 Å². The van der Waals surface area contributed by atoms with Crippen molar-refractivity contribution in [3.05, 3.63) is 5.82 Å². The molecule has 0 aromatic carbocycles. The van der Waals surface area contributed by atoms with Gasteiger partial charge in [-0.15, -0.1) is 5.10 Å². The molecular weight excluding hydrogens is 256 g/mol. The zero-order valence-corrected chi connectivity index (χ0v) is 11.8. The van der Waals surface area contributed by atoms with E-state index in [1.54, 1.807) is 4.68 Å². The molecule has 2 aliphatic rings. The highest BCUT2D eigenvalue weighted by molar-refractivity contribution is 5.77. The lowest BCUT2D eigenvalue weighted by atomic mass is 9.76. The molecule has 1 aromatic heterocycles. The van der Waals surface area contributed by atoms with E-state index in [1.165, 1.54) is 32.1 Å². The molecule has 6 nitrogen and oxygen atoms in total. The van der Waals surface area contributed by atoms with Crippen molar-refractivity contribution in [2.75, 3.05) is 0 Å². The number of carboxylic acid groups (broad SMARTS) is 1. The van der Waals surface area contributed by atoms with E-state index < -0.39 is 11.5 Å². The van der Waals surface area contributed by atoms with E-state index in [0.29, 0.717) is 12.8 Å². The number of carbonyl (C=O) groups is 1. The molecule has 1 heterocycles. The van der Waals surface area contributed by atoms with Crippen molar-refractivity contribution < 1.29 is 9.90 Å². The summed E-state index contributed by atoms with van der Waals surface area (Å²) in [5.41, 5.74) is -0.870. The van der Waals surface area contributed by atoms with Gasteiger partial charge in [0.25, 0.3) is 0 Å².